The molecule has 0 aliphatic heterocycles. The fraction of sp³-hybridized carbons (Fsp3) is 0.500. The minimum atomic E-state index is -0.206. The lowest BCUT2D eigenvalue weighted by atomic mass is 9.90. The lowest BCUT2D eigenvalue weighted by Gasteiger charge is -2.13. The monoisotopic (exact) mass is 298 g/mol. The molecule has 0 saturated carbocycles. The van der Waals surface area contributed by atoms with Crippen molar-refractivity contribution in [1.82, 2.24) is 4.98 Å². The smallest absolute Gasteiger partial charge is 0.110 e. The molecule has 16 heavy (non-hydrogen) atoms. The topological polar surface area (TPSA) is 36.7 Å². The van der Waals surface area contributed by atoms with Gasteiger partial charge in [-0.2, -0.15) is 5.26 Å². The summed E-state index contributed by atoms with van der Waals surface area (Å²) in [6.45, 7) is 3.96. The second-order valence-electron chi connectivity index (χ2n) is 4.24. The Labute approximate surface area is 110 Å². The average molecular weight is 299 g/mol. The van der Waals surface area contributed by atoms with Crippen LogP contribution < -0.4 is 0 Å². The lowest BCUT2D eigenvalue weighted by Crippen LogP contribution is -2.07. The molecule has 0 fully saturated rings. The number of hydrogen-bond donors (Lipinski definition) is 0. The molecule has 1 heterocycles. The molecule has 4 heteroatoms. The highest BCUT2D eigenvalue weighted by atomic mass is 79.9. The Balaban J connectivity index is 2.33. The van der Waals surface area contributed by atoms with Crippen molar-refractivity contribution < 1.29 is 0 Å². The quantitative estimate of drug-likeness (QED) is 0.602. The van der Waals surface area contributed by atoms with Crippen molar-refractivity contribution in [3.05, 3.63) is 22.8 Å². The van der Waals surface area contributed by atoms with Crippen LogP contribution in [0.3, 0.4) is 0 Å². The van der Waals surface area contributed by atoms with E-state index in [9.17, 15) is 0 Å². The average Bonchev–Trinajstić information content (AvgIpc) is 2.27. The minimum Gasteiger partial charge on any atom is -0.249 e. The molecule has 0 radical (unpaired) electrons. The van der Waals surface area contributed by atoms with Crippen LogP contribution in [-0.4, -0.2) is 10.7 Å². The maximum Gasteiger partial charge on any atom is 0.110 e. The normalized spacial score (nSPS) is 11.1. The van der Waals surface area contributed by atoms with Crippen LogP contribution in [0.5, 0.6) is 0 Å². The Morgan fingerprint density at radius 3 is 2.94 bits per heavy atom. The van der Waals surface area contributed by atoms with Crippen molar-refractivity contribution in [1.29, 1.82) is 5.26 Å². The maximum absolute atomic E-state index is 8.88. The Hall–Kier alpha value is -0.530. The molecule has 0 atom stereocenters. The van der Waals surface area contributed by atoms with Gasteiger partial charge in [0.15, 0.2) is 0 Å². The predicted octanol–water partition coefficient (Wildman–Crippen LogP) is 4.27. The number of nitriles is 1. The van der Waals surface area contributed by atoms with Gasteiger partial charge in [0.1, 0.15) is 5.03 Å². The molecular formula is C12H15BrN2S. The summed E-state index contributed by atoms with van der Waals surface area (Å²) >= 11 is 5.20. The molecule has 0 bridgehead atoms. The highest BCUT2D eigenvalue weighted by Gasteiger charge is 2.15. The molecule has 0 N–H and O–H groups in total. The van der Waals surface area contributed by atoms with Gasteiger partial charge in [-0.15, -0.1) is 11.8 Å². The number of rotatable bonds is 5. The van der Waals surface area contributed by atoms with Crippen molar-refractivity contribution in [2.45, 2.75) is 31.7 Å². The minimum absolute atomic E-state index is 0.206. The van der Waals surface area contributed by atoms with Gasteiger partial charge >= 0.3 is 0 Å². The van der Waals surface area contributed by atoms with E-state index in [1.807, 2.05) is 26.0 Å². The number of thioether (sulfide) groups is 1. The molecule has 86 valence electrons. The van der Waals surface area contributed by atoms with E-state index in [1.54, 1.807) is 18.0 Å². The van der Waals surface area contributed by atoms with E-state index >= 15 is 0 Å². The number of aromatic nitrogens is 1. The second kappa shape index (κ2) is 6.27. The van der Waals surface area contributed by atoms with Gasteiger partial charge in [-0.1, -0.05) is 0 Å². The largest absolute Gasteiger partial charge is 0.249 e. The van der Waals surface area contributed by atoms with E-state index < -0.39 is 0 Å². The summed E-state index contributed by atoms with van der Waals surface area (Å²) in [6, 6.07) is 6.22. The standard InChI is InChI=1S/C12H15BrN2S/c1-12(2,9-14)6-4-8-16-11-10(13)5-3-7-15-11/h3,5,7H,4,6,8H2,1-2H3. The highest BCUT2D eigenvalue weighted by molar-refractivity contribution is 9.10. The molecule has 0 spiro atoms. The fourth-order valence-electron chi connectivity index (χ4n) is 1.22. The van der Waals surface area contributed by atoms with Crippen molar-refractivity contribution >= 4 is 27.7 Å². The summed E-state index contributed by atoms with van der Waals surface area (Å²) in [4.78, 5) is 4.28. The van der Waals surface area contributed by atoms with Crippen LogP contribution in [0.1, 0.15) is 26.7 Å². The van der Waals surface area contributed by atoms with Gasteiger partial charge in [0.2, 0.25) is 0 Å². The molecule has 1 rings (SSSR count). The van der Waals surface area contributed by atoms with Crippen LogP contribution >= 0.6 is 27.7 Å². The number of nitrogens with zero attached hydrogens (tertiary/aromatic N) is 2. The SMILES string of the molecule is CC(C)(C#N)CCCSc1ncccc1Br. The third kappa shape index (κ3) is 4.54. The second-order valence-corrected chi connectivity index (χ2v) is 6.18. The molecule has 0 aromatic carbocycles. The van der Waals surface area contributed by atoms with Crippen molar-refractivity contribution in [3.8, 4) is 6.07 Å². The van der Waals surface area contributed by atoms with Gasteiger partial charge in [-0.25, -0.2) is 4.98 Å². The van der Waals surface area contributed by atoms with Gasteiger partial charge in [-0.3, -0.25) is 0 Å². The first-order chi connectivity index (χ1) is 7.55. The van der Waals surface area contributed by atoms with E-state index in [-0.39, 0.29) is 5.41 Å². The summed E-state index contributed by atoms with van der Waals surface area (Å²) in [6.07, 6.45) is 3.77. The van der Waals surface area contributed by atoms with E-state index in [4.69, 9.17) is 5.26 Å². The van der Waals surface area contributed by atoms with Crippen molar-refractivity contribution in [2.24, 2.45) is 5.41 Å². The van der Waals surface area contributed by atoms with Crippen LogP contribution in [0, 0.1) is 16.7 Å². The number of pyridine rings is 1. The zero-order valence-electron chi connectivity index (χ0n) is 9.53. The first-order valence-electron chi connectivity index (χ1n) is 5.20. The zero-order chi connectivity index (χ0) is 12.0. The maximum atomic E-state index is 8.88. The fourth-order valence-corrected chi connectivity index (χ4v) is 2.64. The Bertz CT molecular complexity index is 385. The molecule has 1 aromatic rings. The van der Waals surface area contributed by atoms with Gasteiger partial charge in [0, 0.05) is 10.7 Å². The van der Waals surface area contributed by atoms with E-state index in [1.165, 1.54) is 0 Å². The summed E-state index contributed by atoms with van der Waals surface area (Å²) in [7, 11) is 0. The van der Waals surface area contributed by atoms with E-state index in [2.05, 4.69) is 27.0 Å². The zero-order valence-corrected chi connectivity index (χ0v) is 11.9. The summed E-state index contributed by atoms with van der Waals surface area (Å²) in [5.74, 6) is 1.00. The Morgan fingerprint density at radius 1 is 1.56 bits per heavy atom. The van der Waals surface area contributed by atoms with E-state index in [0.717, 1.165) is 28.1 Å². The van der Waals surface area contributed by atoms with Gasteiger partial charge in [0.05, 0.1) is 11.5 Å². The first-order valence-corrected chi connectivity index (χ1v) is 6.97. The lowest BCUT2D eigenvalue weighted by molar-refractivity contribution is 0.448. The van der Waals surface area contributed by atoms with Crippen LogP contribution in [0.4, 0.5) is 0 Å². The third-order valence-corrected chi connectivity index (χ3v) is 4.21. The molecule has 0 aliphatic rings. The Kier molecular flexibility index (Phi) is 5.30. The van der Waals surface area contributed by atoms with Gasteiger partial charge in [-0.05, 0) is 60.5 Å². The van der Waals surface area contributed by atoms with Crippen molar-refractivity contribution in [2.75, 3.05) is 5.75 Å². The van der Waals surface area contributed by atoms with Crippen molar-refractivity contribution in [3.63, 3.8) is 0 Å². The Morgan fingerprint density at radius 2 is 2.31 bits per heavy atom. The molecule has 1 aromatic heterocycles. The number of hydrogen-bond acceptors (Lipinski definition) is 3. The molecule has 0 aliphatic carbocycles. The summed E-state index contributed by atoms with van der Waals surface area (Å²) in [5, 5.41) is 9.90. The molecule has 0 saturated heterocycles. The summed E-state index contributed by atoms with van der Waals surface area (Å²) in [5.41, 5.74) is -0.206. The highest BCUT2D eigenvalue weighted by Crippen LogP contribution is 2.27. The van der Waals surface area contributed by atoms with Crippen LogP contribution in [0.25, 0.3) is 0 Å². The predicted molar refractivity (Wildman–Crippen MR) is 71.3 cm³/mol. The third-order valence-electron chi connectivity index (χ3n) is 2.21. The molecule has 2 nitrogen and oxygen atoms in total. The molecular weight excluding hydrogens is 284 g/mol. The number of halogens is 1. The van der Waals surface area contributed by atoms with Gasteiger partial charge < -0.3 is 0 Å². The van der Waals surface area contributed by atoms with Crippen LogP contribution in [-0.2, 0) is 0 Å². The van der Waals surface area contributed by atoms with Crippen LogP contribution in [0.2, 0.25) is 0 Å². The first kappa shape index (κ1) is 13.5. The van der Waals surface area contributed by atoms with Crippen LogP contribution in [0.15, 0.2) is 27.8 Å². The molecule has 0 unspecified atom stereocenters. The van der Waals surface area contributed by atoms with Gasteiger partial charge in [0.25, 0.3) is 0 Å². The molecule has 0 amide bonds. The van der Waals surface area contributed by atoms with E-state index in [0.29, 0.717) is 0 Å². The summed E-state index contributed by atoms with van der Waals surface area (Å²) < 4.78 is 1.04.